The van der Waals surface area contributed by atoms with Crippen LogP contribution in [0.15, 0.2) is 41.6 Å². The molecule has 0 saturated heterocycles. The Morgan fingerprint density at radius 1 is 1.12 bits per heavy atom. The molecule has 4 heteroatoms. The van der Waals surface area contributed by atoms with Gasteiger partial charge in [0.1, 0.15) is 0 Å². The van der Waals surface area contributed by atoms with E-state index in [1.54, 1.807) is 30.7 Å². The van der Waals surface area contributed by atoms with Crippen molar-refractivity contribution in [2.24, 2.45) is 0 Å². The third-order valence-corrected chi connectivity index (χ3v) is 1.84. The van der Waals surface area contributed by atoms with Crippen LogP contribution in [0.25, 0.3) is 5.82 Å². The third kappa shape index (κ3) is 2.76. The van der Waals surface area contributed by atoms with Crippen LogP contribution in [0.5, 0.6) is 0 Å². The summed E-state index contributed by atoms with van der Waals surface area (Å²) in [4.78, 5) is 19.6. The van der Waals surface area contributed by atoms with Gasteiger partial charge in [0.05, 0.1) is 18.1 Å². The zero-order valence-electron chi connectivity index (χ0n) is 9.71. The van der Waals surface area contributed by atoms with Crippen LogP contribution in [0, 0.1) is 6.92 Å². The molecule has 2 aromatic rings. The summed E-state index contributed by atoms with van der Waals surface area (Å²) in [7, 11) is 0. The molecule has 2 heterocycles. The molecule has 0 unspecified atom stereocenters. The van der Waals surface area contributed by atoms with Crippen molar-refractivity contribution < 1.29 is 0 Å². The Kier molecular flexibility index (Phi) is 4.39. The van der Waals surface area contributed by atoms with E-state index in [2.05, 4.69) is 9.97 Å². The number of nitrogens with zero attached hydrogens (tertiary/aromatic N) is 3. The topological polar surface area (TPSA) is 47.8 Å². The average Bonchev–Trinajstić information content (AvgIpc) is 2.34. The Balaban J connectivity index is 0.000000606. The quantitative estimate of drug-likeness (QED) is 0.733. The molecule has 0 spiro atoms. The van der Waals surface area contributed by atoms with Crippen molar-refractivity contribution in [2.45, 2.75) is 20.8 Å². The van der Waals surface area contributed by atoms with Gasteiger partial charge in [0.25, 0.3) is 5.56 Å². The summed E-state index contributed by atoms with van der Waals surface area (Å²) in [5, 5.41) is 0. The van der Waals surface area contributed by atoms with Gasteiger partial charge in [-0.3, -0.25) is 14.3 Å². The van der Waals surface area contributed by atoms with Gasteiger partial charge >= 0.3 is 0 Å². The molecule has 0 aliphatic carbocycles. The summed E-state index contributed by atoms with van der Waals surface area (Å²) in [6.07, 6.45) is 4.88. The average molecular weight is 217 g/mol. The molecular weight excluding hydrogens is 202 g/mol. The standard InChI is InChI=1S/C10H9N3O.C2H6/c1-8-6-12-9(7-11-8)13-5-3-2-4-10(13)14;1-2/h2-7H,1H3;1-2H3. The van der Waals surface area contributed by atoms with Gasteiger partial charge < -0.3 is 0 Å². The largest absolute Gasteiger partial charge is 0.269 e. The number of rotatable bonds is 1. The fourth-order valence-corrected chi connectivity index (χ4v) is 1.13. The molecule has 0 aromatic carbocycles. The van der Waals surface area contributed by atoms with Crippen LogP contribution in [-0.2, 0) is 0 Å². The fraction of sp³-hybridized carbons (Fsp3) is 0.250. The van der Waals surface area contributed by atoms with Crippen LogP contribution >= 0.6 is 0 Å². The van der Waals surface area contributed by atoms with Crippen LogP contribution in [-0.4, -0.2) is 14.5 Å². The minimum absolute atomic E-state index is 0.106. The number of hydrogen-bond donors (Lipinski definition) is 0. The van der Waals surface area contributed by atoms with Crippen molar-refractivity contribution in [1.82, 2.24) is 14.5 Å². The van der Waals surface area contributed by atoms with Gasteiger partial charge in [0.15, 0.2) is 5.82 Å². The molecule has 0 radical (unpaired) electrons. The molecule has 0 saturated carbocycles. The van der Waals surface area contributed by atoms with Crippen molar-refractivity contribution in [1.29, 1.82) is 0 Å². The first-order valence-electron chi connectivity index (χ1n) is 5.24. The lowest BCUT2D eigenvalue weighted by Gasteiger charge is -2.02. The van der Waals surface area contributed by atoms with Crippen LogP contribution < -0.4 is 5.56 Å². The zero-order chi connectivity index (χ0) is 12.0. The van der Waals surface area contributed by atoms with Gasteiger partial charge in [0, 0.05) is 12.3 Å². The van der Waals surface area contributed by atoms with E-state index in [9.17, 15) is 4.79 Å². The molecule has 16 heavy (non-hydrogen) atoms. The maximum absolute atomic E-state index is 11.4. The second-order valence-corrected chi connectivity index (χ2v) is 2.92. The Morgan fingerprint density at radius 2 is 1.88 bits per heavy atom. The second kappa shape index (κ2) is 5.80. The Morgan fingerprint density at radius 3 is 2.44 bits per heavy atom. The Hall–Kier alpha value is -1.97. The lowest BCUT2D eigenvalue weighted by atomic mass is 10.4. The van der Waals surface area contributed by atoms with Crippen molar-refractivity contribution in [3.63, 3.8) is 0 Å². The summed E-state index contributed by atoms with van der Waals surface area (Å²) >= 11 is 0. The first-order valence-corrected chi connectivity index (χ1v) is 5.24. The van der Waals surface area contributed by atoms with E-state index in [0.29, 0.717) is 5.82 Å². The first kappa shape index (κ1) is 12.1. The molecule has 0 bridgehead atoms. The molecule has 84 valence electrons. The molecule has 0 aliphatic heterocycles. The number of pyridine rings is 1. The first-order chi connectivity index (χ1) is 7.77. The summed E-state index contributed by atoms with van der Waals surface area (Å²) < 4.78 is 1.45. The predicted octanol–water partition coefficient (Wildman–Crippen LogP) is 1.96. The van der Waals surface area contributed by atoms with Crippen molar-refractivity contribution in [2.75, 3.05) is 0 Å². The highest BCUT2D eigenvalue weighted by Gasteiger charge is 1.98. The number of aromatic nitrogens is 3. The molecule has 0 fully saturated rings. The van der Waals surface area contributed by atoms with Gasteiger partial charge in [-0.25, -0.2) is 4.98 Å². The van der Waals surface area contributed by atoms with Crippen molar-refractivity contribution in [3.05, 3.63) is 52.8 Å². The minimum Gasteiger partial charge on any atom is -0.269 e. The molecule has 0 N–H and O–H groups in total. The Labute approximate surface area is 94.6 Å². The minimum atomic E-state index is -0.106. The van der Waals surface area contributed by atoms with Gasteiger partial charge in [0.2, 0.25) is 0 Å². The van der Waals surface area contributed by atoms with E-state index in [0.717, 1.165) is 5.69 Å². The summed E-state index contributed by atoms with van der Waals surface area (Å²) in [5.41, 5.74) is 0.725. The van der Waals surface area contributed by atoms with E-state index in [1.165, 1.54) is 10.6 Å². The lowest BCUT2D eigenvalue weighted by molar-refractivity contribution is 0.915. The summed E-state index contributed by atoms with van der Waals surface area (Å²) in [6.45, 7) is 5.85. The van der Waals surface area contributed by atoms with Crippen LogP contribution in [0.4, 0.5) is 0 Å². The molecule has 2 aromatic heterocycles. The lowest BCUT2D eigenvalue weighted by Crippen LogP contribution is -2.16. The second-order valence-electron chi connectivity index (χ2n) is 2.92. The molecule has 0 amide bonds. The molecular formula is C12H15N3O. The maximum atomic E-state index is 11.4. The van der Waals surface area contributed by atoms with Gasteiger partial charge in [-0.1, -0.05) is 19.9 Å². The van der Waals surface area contributed by atoms with E-state index >= 15 is 0 Å². The normalized spacial score (nSPS) is 9.19. The molecule has 4 nitrogen and oxygen atoms in total. The van der Waals surface area contributed by atoms with Crippen LogP contribution in [0.2, 0.25) is 0 Å². The van der Waals surface area contributed by atoms with E-state index < -0.39 is 0 Å². The highest BCUT2D eigenvalue weighted by Crippen LogP contribution is 1.98. The zero-order valence-corrected chi connectivity index (χ0v) is 9.71. The maximum Gasteiger partial charge on any atom is 0.256 e. The highest BCUT2D eigenvalue weighted by atomic mass is 16.1. The van der Waals surface area contributed by atoms with Gasteiger partial charge in [-0.05, 0) is 13.0 Å². The van der Waals surface area contributed by atoms with Crippen molar-refractivity contribution >= 4 is 0 Å². The monoisotopic (exact) mass is 217 g/mol. The van der Waals surface area contributed by atoms with E-state index in [1.807, 2.05) is 20.8 Å². The fourth-order valence-electron chi connectivity index (χ4n) is 1.13. The number of hydrogen-bond acceptors (Lipinski definition) is 3. The molecule has 0 atom stereocenters. The SMILES string of the molecule is CC.Cc1cnc(-n2ccccc2=O)cn1. The smallest absolute Gasteiger partial charge is 0.256 e. The van der Waals surface area contributed by atoms with Crippen molar-refractivity contribution in [3.8, 4) is 5.82 Å². The van der Waals surface area contributed by atoms with Crippen LogP contribution in [0.3, 0.4) is 0 Å². The summed E-state index contributed by atoms with van der Waals surface area (Å²) in [6, 6.07) is 4.96. The van der Waals surface area contributed by atoms with Gasteiger partial charge in [-0.15, -0.1) is 0 Å². The highest BCUT2D eigenvalue weighted by molar-refractivity contribution is 5.19. The van der Waals surface area contributed by atoms with Gasteiger partial charge in [-0.2, -0.15) is 0 Å². The van der Waals surface area contributed by atoms with E-state index in [4.69, 9.17) is 0 Å². The molecule has 2 rings (SSSR count). The molecule has 0 aliphatic rings. The Bertz CT molecular complexity index is 488. The van der Waals surface area contributed by atoms with Crippen LogP contribution in [0.1, 0.15) is 19.5 Å². The summed E-state index contributed by atoms with van der Waals surface area (Å²) in [5.74, 6) is 0.543. The number of aryl methyl sites for hydroxylation is 1. The van der Waals surface area contributed by atoms with E-state index in [-0.39, 0.29) is 5.56 Å². The predicted molar refractivity (Wildman–Crippen MR) is 63.7 cm³/mol. The third-order valence-electron chi connectivity index (χ3n) is 1.84.